The molecule has 1 aliphatic carbocycles. The molecule has 0 aliphatic heterocycles. The molecule has 1 saturated carbocycles. The number of hydrogen-bond acceptors (Lipinski definition) is 1. The zero-order valence-electron chi connectivity index (χ0n) is 9.53. The van der Waals surface area contributed by atoms with Crippen molar-refractivity contribution in [1.29, 1.82) is 0 Å². The van der Waals surface area contributed by atoms with Gasteiger partial charge in [0, 0.05) is 11.5 Å². The minimum absolute atomic E-state index is 0.171. The molecule has 0 bridgehead atoms. The Bertz CT molecular complexity index is 356. The van der Waals surface area contributed by atoms with Crippen LogP contribution in [-0.2, 0) is 5.41 Å². The highest BCUT2D eigenvalue weighted by Crippen LogP contribution is 2.50. The summed E-state index contributed by atoms with van der Waals surface area (Å²) in [6.07, 6.45) is 4.64. The zero-order valence-corrected chi connectivity index (χ0v) is 9.53. The van der Waals surface area contributed by atoms with E-state index in [-0.39, 0.29) is 11.5 Å². The van der Waals surface area contributed by atoms with Crippen LogP contribution in [0.3, 0.4) is 0 Å². The second-order valence-corrected chi connectivity index (χ2v) is 4.79. The third kappa shape index (κ3) is 1.98. The van der Waals surface area contributed by atoms with Crippen LogP contribution >= 0.6 is 0 Å². The monoisotopic (exact) mass is 201 g/mol. The number of rotatable bonds is 3. The summed E-state index contributed by atoms with van der Waals surface area (Å²) in [6, 6.07) is 10.8. The van der Waals surface area contributed by atoms with Crippen molar-refractivity contribution in [2.24, 2.45) is 5.73 Å². The Kier molecular flexibility index (Phi) is 2.66. The van der Waals surface area contributed by atoms with Crippen molar-refractivity contribution in [3.8, 4) is 0 Å². The molecule has 1 aromatic carbocycles. The zero-order chi connectivity index (χ0) is 10.9. The minimum Gasteiger partial charge on any atom is -0.324 e. The van der Waals surface area contributed by atoms with Crippen LogP contribution in [0.1, 0.15) is 32.3 Å². The van der Waals surface area contributed by atoms with Gasteiger partial charge < -0.3 is 5.73 Å². The highest BCUT2D eigenvalue weighted by Gasteiger charge is 2.48. The number of allylic oxidation sites excluding steroid dienone is 1. The molecule has 1 nitrogen and oxygen atoms in total. The smallest absolute Gasteiger partial charge is 0.0324 e. The van der Waals surface area contributed by atoms with Crippen molar-refractivity contribution >= 4 is 0 Å². The Hall–Kier alpha value is -1.08. The van der Waals surface area contributed by atoms with E-state index in [0.717, 1.165) is 0 Å². The van der Waals surface area contributed by atoms with Crippen molar-refractivity contribution in [1.82, 2.24) is 0 Å². The summed E-state index contributed by atoms with van der Waals surface area (Å²) in [5, 5.41) is 0. The van der Waals surface area contributed by atoms with Crippen LogP contribution in [0.4, 0.5) is 0 Å². The molecule has 80 valence electrons. The Labute approximate surface area is 92.0 Å². The summed E-state index contributed by atoms with van der Waals surface area (Å²) in [5.41, 5.74) is 9.21. The van der Waals surface area contributed by atoms with Crippen molar-refractivity contribution in [3.05, 3.63) is 47.5 Å². The third-order valence-corrected chi connectivity index (χ3v) is 3.29. The van der Waals surface area contributed by atoms with Gasteiger partial charge in [0.05, 0.1) is 0 Å². The lowest BCUT2D eigenvalue weighted by atomic mass is 9.87. The fourth-order valence-electron chi connectivity index (χ4n) is 2.24. The maximum absolute atomic E-state index is 6.27. The second-order valence-electron chi connectivity index (χ2n) is 4.79. The number of benzene rings is 1. The summed E-state index contributed by atoms with van der Waals surface area (Å²) < 4.78 is 0. The van der Waals surface area contributed by atoms with Crippen molar-refractivity contribution in [2.45, 2.75) is 38.1 Å². The van der Waals surface area contributed by atoms with E-state index in [1.807, 2.05) is 0 Å². The molecule has 1 aromatic rings. The first-order valence-electron chi connectivity index (χ1n) is 5.61. The van der Waals surface area contributed by atoms with E-state index in [1.54, 1.807) is 0 Å². The summed E-state index contributed by atoms with van der Waals surface area (Å²) in [7, 11) is 0. The molecule has 0 aromatic heterocycles. The maximum Gasteiger partial charge on any atom is 0.0324 e. The molecule has 0 spiro atoms. The predicted molar refractivity (Wildman–Crippen MR) is 64.8 cm³/mol. The minimum atomic E-state index is 0.171. The average Bonchev–Trinajstić information content (AvgIpc) is 2.99. The van der Waals surface area contributed by atoms with E-state index in [4.69, 9.17) is 5.73 Å². The molecule has 0 heterocycles. The molecule has 0 amide bonds. The van der Waals surface area contributed by atoms with Crippen LogP contribution in [-0.4, -0.2) is 6.04 Å². The van der Waals surface area contributed by atoms with Gasteiger partial charge in [0.25, 0.3) is 0 Å². The van der Waals surface area contributed by atoms with Gasteiger partial charge in [-0.3, -0.25) is 0 Å². The van der Waals surface area contributed by atoms with Crippen LogP contribution < -0.4 is 5.73 Å². The molecular formula is C14H19N. The Balaban J connectivity index is 2.25. The first kappa shape index (κ1) is 10.4. The van der Waals surface area contributed by atoms with Gasteiger partial charge in [-0.2, -0.15) is 0 Å². The SMILES string of the molecule is CC(C)=CC(N)C1(c2ccccc2)CC1. The van der Waals surface area contributed by atoms with Crippen LogP contribution in [0.15, 0.2) is 42.0 Å². The predicted octanol–water partition coefficient (Wildman–Crippen LogP) is 3.01. The largest absolute Gasteiger partial charge is 0.324 e. The Morgan fingerprint density at radius 2 is 1.87 bits per heavy atom. The molecule has 15 heavy (non-hydrogen) atoms. The number of hydrogen-bond donors (Lipinski definition) is 1. The van der Waals surface area contributed by atoms with E-state index >= 15 is 0 Å². The molecule has 1 heteroatoms. The van der Waals surface area contributed by atoms with Crippen molar-refractivity contribution in [2.75, 3.05) is 0 Å². The standard InChI is InChI=1S/C14H19N/c1-11(2)10-13(15)14(8-9-14)12-6-4-3-5-7-12/h3-7,10,13H,8-9,15H2,1-2H3. The van der Waals surface area contributed by atoms with Crippen LogP contribution in [0.5, 0.6) is 0 Å². The van der Waals surface area contributed by atoms with Gasteiger partial charge in [-0.1, -0.05) is 42.0 Å². The van der Waals surface area contributed by atoms with Crippen molar-refractivity contribution < 1.29 is 0 Å². The first-order valence-corrected chi connectivity index (χ1v) is 5.61. The van der Waals surface area contributed by atoms with E-state index < -0.39 is 0 Å². The summed E-state index contributed by atoms with van der Waals surface area (Å²) in [4.78, 5) is 0. The van der Waals surface area contributed by atoms with Crippen LogP contribution in [0.25, 0.3) is 0 Å². The van der Waals surface area contributed by atoms with E-state index in [2.05, 4.69) is 50.3 Å². The third-order valence-electron chi connectivity index (χ3n) is 3.29. The highest BCUT2D eigenvalue weighted by atomic mass is 14.7. The van der Waals surface area contributed by atoms with Crippen molar-refractivity contribution in [3.63, 3.8) is 0 Å². The quantitative estimate of drug-likeness (QED) is 0.747. The lowest BCUT2D eigenvalue weighted by molar-refractivity contribution is 0.600. The molecule has 2 N–H and O–H groups in total. The normalized spacial score (nSPS) is 19.4. The summed E-state index contributed by atoms with van der Waals surface area (Å²) in [5.74, 6) is 0. The highest BCUT2D eigenvalue weighted by molar-refractivity contribution is 5.36. The van der Waals surface area contributed by atoms with Gasteiger partial charge in [0.15, 0.2) is 0 Å². The molecule has 1 fully saturated rings. The fourth-order valence-corrected chi connectivity index (χ4v) is 2.24. The van der Waals surface area contributed by atoms with Gasteiger partial charge in [-0.25, -0.2) is 0 Å². The molecule has 1 aliphatic rings. The molecule has 0 radical (unpaired) electrons. The van der Waals surface area contributed by atoms with Gasteiger partial charge in [0.1, 0.15) is 0 Å². The molecule has 2 rings (SSSR count). The van der Waals surface area contributed by atoms with E-state index in [0.29, 0.717) is 0 Å². The van der Waals surface area contributed by atoms with Gasteiger partial charge in [-0.15, -0.1) is 0 Å². The molecule has 0 saturated heterocycles. The fraction of sp³-hybridized carbons (Fsp3) is 0.429. The maximum atomic E-state index is 6.27. The second kappa shape index (κ2) is 3.82. The lowest BCUT2D eigenvalue weighted by Gasteiger charge is -2.21. The Morgan fingerprint density at radius 1 is 1.27 bits per heavy atom. The van der Waals surface area contributed by atoms with Crippen LogP contribution in [0, 0.1) is 0 Å². The Morgan fingerprint density at radius 3 is 2.33 bits per heavy atom. The van der Waals surface area contributed by atoms with Gasteiger partial charge in [-0.05, 0) is 32.3 Å². The van der Waals surface area contributed by atoms with Gasteiger partial charge in [0.2, 0.25) is 0 Å². The topological polar surface area (TPSA) is 26.0 Å². The molecule has 1 unspecified atom stereocenters. The van der Waals surface area contributed by atoms with E-state index in [9.17, 15) is 0 Å². The number of nitrogens with two attached hydrogens (primary N) is 1. The molecular weight excluding hydrogens is 182 g/mol. The van der Waals surface area contributed by atoms with Crippen LogP contribution in [0.2, 0.25) is 0 Å². The summed E-state index contributed by atoms with van der Waals surface area (Å²) >= 11 is 0. The first-order chi connectivity index (χ1) is 7.15. The molecule has 1 atom stereocenters. The van der Waals surface area contributed by atoms with E-state index in [1.165, 1.54) is 24.0 Å². The average molecular weight is 201 g/mol. The van der Waals surface area contributed by atoms with Gasteiger partial charge >= 0.3 is 0 Å². The summed E-state index contributed by atoms with van der Waals surface area (Å²) in [6.45, 7) is 4.22. The lowest BCUT2D eigenvalue weighted by Crippen LogP contribution is -2.33.